The summed E-state index contributed by atoms with van der Waals surface area (Å²) in [4.78, 5) is 19.4. The number of hydrogen-bond acceptors (Lipinski definition) is 4. The first-order valence-corrected chi connectivity index (χ1v) is 6.61. The summed E-state index contributed by atoms with van der Waals surface area (Å²) in [7, 11) is 0. The van der Waals surface area contributed by atoms with Crippen LogP contribution in [0.2, 0.25) is 0 Å². The van der Waals surface area contributed by atoms with E-state index in [4.69, 9.17) is 5.73 Å². The topological polar surface area (TPSA) is 112 Å². The Balaban J connectivity index is 1.80. The number of carbonyl (C=O) groups is 1. The quantitative estimate of drug-likeness (QED) is 0.586. The van der Waals surface area contributed by atoms with Gasteiger partial charge in [-0.05, 0) is 32.0 Å². The number of nitrogen functional groups attached to an aromatic ring is 1. The molecule has 0 aliphatic heterocycles. The number of H-pyrrole nitrogens is 2. The van der Waals surface area contributed by atoms with Crippen LogP contribution in [0.15, 0.2) is 24.3 Å². The zero-order valence-electron chi connectivity index (χ0n) is 11.8. The van der Waals surface area contributed by atoms with Gasteiger partial charge in [-0.2, -0.15) is 4.98 Å². The molecule has 3 aromatic rings. The number of aromatic nitrogens is 4. The first-order chi connectivity index (χ1) is 10.0. The third-order valence-corrected chi connectivity index (χ3v) is 3.30. The van der Waals surface area contributed by atoms with E-state index in [2.05, 4.69) is 25.5 Å². The second-order valence-corrected chi connectivity index (χ2v) is 5.05. The fraction of sp³-hybridized carbons (Fsp3) is 0.214. The number of fused-ring (bicyclic) bond motifs is 1. The molecule has 5 N–H and O–H groups in total. The monoisotopic (exact) mass is 284 g/mol. The van der Waals surface area contributed by atoms with Crippen LogP contribution in [0, 0.1) is 6.92 Å². The average molecular weight is 284 g/mol. The molecule has 21 heavy (non-hydrogen) atoms. The molecule has 0 bridgehead atoms. The van der Waals surface area contributed by atoms with Gasteiger partial charge in [0, 0.05) is 10.9 Å². The zero-order chi connectivity index (χ0) is 15.0. The van der Waals surface area contributed by atoms with Gasteiger partial charge in [-0.25, -0.2) is 0 Å². The molecular formula is C14H16N6O. The van der Waals surface area contributed by atoms with Gasteiger partial charge < -0.3 is 16.0 Å². The van der Waals surface area contributed by atoms with Gasteiger partial charge in [0.2, 0.25) is 5.95 Å². The van der Waals surface area contributed by atoms with Crippen LogP contribution in [-0.2, 0) is 0 Å². The summed E-state index contributed by atoms with van der Waals surface area (Å²) in [5, 5.41) is 10.3. The van der Waals surface area contributed by atoms with Crippen molar-refractivity contribution in [1.82, 2.24) is 25.5 Å². The van der Waals surface area contributed by atoms with Crippen molar-refractivity contribution in [1.29, 1.82) is 0 Å². The third-order valence-electron chi connectivity index (χ3n) is 3.30. The molecule has 0 unspecified atom stereocenters. The van der Waals surface area contributed by atoms with E-state index < -0.39 is 0 Å². The van der Waals surface area contributed by atoms with Crippen LogP contribution in [0.3, 0.4) is 0 Å². The Kier molecular flexibility index (Phi) is 3.09. The minimum Gasteiger partial charge on any atom is -0.367 e. The molecule has 1 aromatic carbocycles. The second kappa shape index (κ2) is 4.93. The maximum absolute atomic E-state index is 12.3. The summed E-state index contributed by atoms with van der Waals surface area (Å²) in [6.45, 7) is 3.83. The molecule has 2 heterocycles. The molecule has 0 fully saturated rings. The molecule has 0 saturated carbocycles. The van der Waals surface area contributed by atoms with E-state index in [1.165, 1.54) is 0 Å². The van der Waals surface area contributed by atoms with Crippen LogP contribution in [0.25, 0.3) is 10.9 Å². The third kappa shape index (κ3) is 2.58. The Morgan fingerprint density at radius 2 is 2.19 bits per heavy atom. The highest BCUT2D eigenvalue weighted by molar-refractivity contribution is 5.98. The number of nitrogens with one attached hydrogen (secondary N) is 3. The molecule has 2 aromatic heterocycles. The Bertz CT molecular complexity index is 803. The lowest BCUT2D eigenvalue weighted by Gasteiger charge is -2.09. The molecule has 0 aliphatic carbocycles. The number of carbonyl (C=O) groups excluding carboxylic acids is 1. The zero-order valence-corrected chi connectivity index (χ0v) is 11.8. The number of nitrogens with two attached hydrogens (primary N) is 1. The molecule has 7 nitrogen and oxygen atoms in total. The Hall–Kier alpha value is -2.83. The van der Waals surface area contributed by atoms with Crippen molar-refractivity contribution in [3.8, 4) is 0 Å². The normalized spacial score (nSPS) is 12.5. The van der Waals surface area contributed by atoms with Gasteiger partial charge in [-0.3, -0.25) is 9.89 Å². The number of amides is 1. The summed E-state index contributed by atoms with van der Waals surface area (Å²) in [6.07, 6.45) is 0. The van der Waals surface area contributed by atoms with E-state index >= 15 is 0 Å². The number of hydrogen-bond donors (Lipinski definition) is 4. The van der Waals surface area contributed by atoms with Gasteiger partial charge in [0.15, 0.2) is 0 Å². The Morgan fingerprint density at radius 1 is 1.38 bits per heavy atom. The molecule has 108 valence electrons. The van der Waals surface area contributed by atoms with Crippen molar-refractivity contribution >= 4 is 22.8 Å². The van der Waals surface area contributed by atoms with Crippen LogP contribution < -0.4 is 11.1 Å². The van der Waals surface area contributed by atoms with Gasteiger partial charge >= 0.3 is 0 Å². The fourth-order valence-corrected chi connectivity index (χ4v) is 2.20. The number of nitrogens with zero attached hydrogens (tertiary/aromatic N) is 2. The maximum Gasteiger partial charge on any atom is 0.268 e. The number of benzene rings is 1. The molecular weight excluding hydrogens is 268 g/mol. The van der Waals surface area contributed by atoms with E-state index in [0.717, 1.165) is 16.5 Å². The van der Waals surface area contributed by atoms with E-state index in [1.807, 2.05) is 38.1 Å². The minimum absolute atomic E-state index is 0.159. The van der Waals surface area contributed by atoms with Crippen LogP contribution in [0.1, 0.15) is 34.8 Å². The van der Waals surface area contributed by atoms with Crippen molar-refractivity contribution < 1.29 is 4.79 Å². The van der Waals surface area contributed by atoms with Crippen LogP contribution in [0.5, 0.6) is 0 Å². The smallest absolute Gasteiger partial charge is 0.268 e. The van der Waals surface area contributed by atoms with Crippen molar-refractivity contribution in [2.75, 3.05) is 5.73 Å². The number of aromatic amines is 2. The minimum atomic E-state index is -0.310. The predicted molar refractivity (Wildman–Crippen MR) is 79.7 cm³/mol. The van der Waals surface area contributed by atoms with Crippen LogP contribution in [0.4, 0.5) is 5.95 Å². The molecule has 0 radical (unpaired) electrons. The summed E-state index contributed by atoms with van der Waals surface area (Å²) >= 11 is 0. The van der Waals surface area contributed by atoms with E-state index in [0.29, 0.717) is 11.5 Å². The molecule has 0 spiro atoms. The molecule has 7 heteroatoms. The lowest BCUT2D eigenvalue weighted by atomic mass is 10.2. The van der Waals surface area contributed by atoms with Crippen molar-refractivity contribution in [2.45, 2.75) is 19.9 Å². The number of anilines is 1. The second-order valence-electron chi connectivity index (χ2n) is 5.05. The summed E-state index contributed by atoms with van der Waals surface area (Å²) in [5.41, 5.74) is 8.04. The summed E-state index contributed by atoms with van der Waals surface area (Å²) in [6, 6.07) is 7.51. The molecule has 1 atom stereocenters. The van der Waals surface area contributed by atoms with E-state index in [9.17, 15) is 4.79 Å². The van der Waals surface area contributed by atoms with Crippen LogP contribution >= 0.6 is 0 Å². The maximum atomic E-state index is 12.3. The molecule has 3 rings (SSSR count). The Labute approximate surface area is 121 Å². The van der Waals surface area contributed by atoms with Crippen LogP contribution in [-0.4, -0.2) is 26.1 Å². The largest absolute Gasteiger partial charge is 0.367 e. The summed E-state index contributed by atoms with van der Waals surface area (Å²) < 4.78 is 0. The van der Waals surface area contributed by atoms with Gasteiger partial charge in [-0.1, -0.05) is 11.6 Å². The average Bonchev–Trinajstić information content (AvgIpc) is 3.04. The lowest BCUT2D eigenvalue weighted by molar-refractivity contribution is 0.0934. The van der Waals surface area contributed by atoms with Gasteiger partial charge in [0.25, 0.3) is 5.91 Å². The lowest BCUT2D eigenvalue weighted by Crippen LogP contribution is -2.27. The highest BCUT2D eigenvalue weighted by Gasteiger charge is 2.16. The summed E-state index contributed by atoms with van der Waals surface area (Å²) in [5.74, 6) is 0.478. The molecule has 1 amide bonds. The van der Waals surface area contributed by atoms with Gasteiger partial charge in [0.1, 0.15) is 11.5 Å². The predicted octanol–water partition coefficient (Wildman–Crippen LogP) is 1.67. The first-order valence-electron chi connectivity index (χ1n) is 6.61. The molecule has 0 saturated heterocycles. The molecule has 0 aliphatic rings. The van der Waals surface area contributed by atoms with E-state index in [1.54, 1.807) is 0 Å². The highest BCUT2D eigenvalue weighted by Crippen LogP contribution is 2.17. The SMILES string of the molecule is Cc1ccc2[nH]c(C(=O)N[C@@H](C)c3nc(N)n[nH]3)cc2c1. The first kappa shape index (κ1) is 13.2. The standard InChI is InChI=1S/C14H16N6O/c1-7-3-4-10-9(5-7)6-11(17-10)13(21)16-8(2)12-18-14(15)20-19-12/h3-6,8,17H,1-2H3,(H,16,21)(H3,15,18,19,20)/t8-/m0/s1. The van der Waals surface area contributed by atoms with Crippen molar-refractivity contribution in [3.05, 3.63) is 41.3 Å². The number of rotatable bonds is 3. The van der Waals surface area contributed by atoms with Gasteiger partial charge in [-0.15, -0.1) is 5.10 Å². The number of aryl methyl sites for hydroxylation is 1. The Morgan fingerprint density at radius 3 is 2.90 bits per heavy atom. The van der Waals surface area contributed by atoms with Gasteiger partial charge in [0.05, 0.1) is 6.04 Å². The van der Waals surface area contributed by atoms with Crippen molar-refractivity contribution in [3.63, 3.8) is 0 Å². The fourth-order valence-electron chi connectivity index (χ4n) is 2.20. The van der Waals surface area contributed by atoms with E-state index in [-0.39, 0.29) is 17.9 Å². The van der Waals surface area contributed by atoms with Crippen molar-refractivity contribution in [2.24, 2.45) is 0 Å². The highest BCUT2D eigenvalue weighted by atomic mass is 16.1.